The molecule has 0 saturated heterocycles. The Bertz CT molecular complexity index is 755. The van der Waals surface area contributed by atoms with Crippen LogP contribution in [0, 0.1) is 0 Å². The molecular weight excluding hydrogens is 356 g/mol. The fourth-order valence-electron chi connectivity index (χ4n) is 3.01. The van der Waals surface area contributed by atoms with Crippen molar-refractivity contribution in [3.8, 4) is 11.5 Å². The quantitative estimate of drug-likeness (QED) is 0.684. The van der Waals surface area contributed by atoms with E-state index in [-0.39, 0.29) is 11.8 Å². The van der Waals surface area contributed by atoms with E-state index in [2.05, 4.69) is 17.4 Å². The summed E-state index contributed by atoms with van der Waals surface area (Å²) in [5.74, 6) is 0.602. The Morgan fingerprint density at radius 1 is 0.929 bits per heavy atom. The summed E-state index contributed by atoms with van der Waals surface area (Å²) < 4.78 is 10.5. The molecule has 1 N–H and O–H groups in total. The van der Waals surface area contributed by atoms with Gasteiger partial charge in [-0.3, -0.25) is 9.59 Å². The van der Waals surface area contributed by atoms with Crippen molar-refractivity contribution in [1.82, 2.24) is 10.2 Å². The minimum atomic E-state index is -0.290. The predicted octanol–water partition coefficient (Wildman–Crippen LogP) is 2.91. The van der Waals surface area contributed by atoms with Gasteiger partial charge in [-0.05, 0) is 30.5 Å². The van der Waals surface area contributed by atoms with Crippen LogP contribution in [0.5, 0.6) is 11.5 Å². The van der Waals surface area contributed by atoms with Gasteiger partial charge < -0.3 is 19.7 Å². The van der Waals surface area contributed by atoms with Crippen molar-refractivity contribution < 1.29 is 19.1 Å². The zero-order valence-electron chi connectivity index (χ0n) is 16.7. The molecule has 6 heteroatoms. The first-order valence-corrected chi connectivity index (χ1v) is 9.35. The van der Waals surface area contributed by atoms with E-state index in [0.29, 0.717) is 36.7 Å². The Labute approximate surface area is 166 Å². The molecule has 0 bridgehead atoms. The Morgan fingerprint density at radius 3 is 2.14 bits per heavy atom. The number of amides is 2. The monoisotopic (exact) mass is 384 g/mol. The van der Waals surface area contributed by atoms with Crippen molar-refractivity contribution in [3.05, 3.63) is 59.7 Å². The van der Waals surface area contributed by atoms with Crippen LogP contribution in [0.25, 0.3) is 0 Å². The Balaban J connectivity index is 1.87. The molecule has 6 nitrogen and oxygen atoms in total. The molecule has 0 aliphatic carbocycles. The lowest BCUT2D eigenvalue weighted by Crippen LogP contribution is -2.38. The summed E-state index contributed by atoms with van der Waals surface area (Å²) in [5, 5.41) is 2.85. The Morgan fingerprint density at radius 2 is 1.57 bits per heavy atom. The van der Waals surface area contributed by atoms with Crippen LogP contribution in [-0.4, -0.2) is 50.6 Å². The van der Waals surface area contributed by atoms with E-state index in [9.17, 15) is 9.59 Å². The van der Waals surface area contributed by atoms with Gasteiger partial charge in [0.15, 0.2) is 0 Å². The minimum Gasteiger partial charge on any atom is -0.496 e. The van der Waals surface area contributed by atoms with E-state index < -0.39 is 0 Å². The lowest BCUT2D eigenvalue weighted by atomic mass is 10.1. The van der Waals surface area contributed by atoms with Crippen LogP contribution < -0.4 is 14.8 Å². The maximum atomic E-state index is 12.6. The van der Waals surface area contributed by atoms with Crippen LogP contribution in [0.3, 0.4) is 0 Å². The second kappa shape index (κ2) is 11.0. The van der Waals surface area contributed by atoms with Crippen LogP contribution in [-0.2, 0) is 11.2 Å². The number of aryl methyl sites for hydroxylation is 1. The zero-order valence-corrected chi connectivity index (χ0v) is 16.7. The van der Waals surface area contributed by atoms with Gasteiger partial charge in [0.05, 0.1) is 14.2 Å². The molecule has 0 saturated carbocycles. The first-order valence-electron chi connectivity index (χ1n) is 9.35. The molecule has 0 unspecified atom stereocenters. The predicted molar refractivity (Wildman–Crippen MR) is 109 cm³/mol. The topological polar surface area (TPSA) is 67.9 Å². The van der Waals surface area contributed by atoms with Crippen LogP contribution in [0.4, 0.5) is 0 Å². The molecule has 28 heavy (non-hydrogen) atoms. The number of rotatable bonds is 10. The van der Waals surface area contributed by atoms with Crippen molar-refractivity contribution in [1.29, 1.82) is 0 Å². The smallest absolute Gasteiger partial charge is 0.258 e. The molecule has 0 fully saturated rings. The van der Waals surface area contributed by atoms with Crippen molar-refractivity contribution in [2.45, 2.75) is 19.8 Å². The van der Waals surface area contributed by atoms with Crippen LogP contribution in [0.1, 0.15) is 29.3 Å². The summed E-state index contributed by atoms with van der Waals surface area (Å²) in [6.45, 7) is 3.00. The highest BCUT2D eigenvalue weighted by Gasteiger charge is 2.18. The number of ether oxygens (including phenoxy) is 2. The Kier molecular flexibility index (Phi) is 8.34. The van der Waals surface area contributed by atoms with Gasteiger partial charge in [-0.25, -0.2) is 0 Å². The molecule has 2 aromatic rings. The van der Waals surface area contributed by atoms with Gasteiger partial charge >= 0.3 is 0 Å². The summed E-state index contributed by atoms with van der Waals surface area (Å²) >= 11 is 0. The van der Waals surface area contributed by atoms with Gasteiger partial charge in [-0.1, -0.05) is 36.4 Å². The largest absolute Gasteiger partial charge is 0.496 e. The first-order chi connectivity index (χ1) is 13.6. The van der Waals surface area contributed by atoms with Crippen molar-refractivity contribution in [2.75, 3.05) is 33.9 Å². The van der Waals surface area contributed by atoms with Gasteiger partial charge in [-0.2, -0.15) is 0 Å². The number of benzene rings is 2. The normalized spacial score (nSPS) is 10.2. The third-order valence-corrected chi connectivity index (χ3v) is 4.50. The van der Waals surface area contributed by atoms with Crippen LogP contribution >= 0.6 is 0 Å². The first kappa shape index (κ1) is 21.3. The van der Waals surface area contributed by atoms with Gasteiger partial charge in [0.2, 0.25) is 5.91 Å². The number of hydrogen-bond acceptors (Lipinski definition) is 4. The van der Waals surface area contributed by atoms with Crippen molar-refractivity contribution in [3.63, 3.8) is 0 Å². The molecule has 2 amide bonds. The maximum Gasteiger partial charge on any atom is 0.258 e. The van der Waals surface area contributed by atoms with Gasteiger partial charge in [0.25, 0.3) is 5.91 Å². The second-order valence-corrected chi connectivity index (χ2v) is 6.39. The molecule has 0 aliphatic rings. The number of nitrogens with zero attached hydrogens (tertiary/aromatic N) is 1. The van der Waals surface area contributed by atoms with Gasteiger partial charge in [0, 0.05) is 26.6 Å². The molecule has 0 radical (unpaired) electrons. The van der Waals surface area contributed by atoms with Crippen LogP contribution in [0.2, 0.25) is 0 Å². The maximum absolute atomic E-state index is 12.6. The summed E-state index contributed by atoms with van der Waals surface area (Å²) in [6.07, 6.45) is 1.78. The molecule has 2 aromatic carbocycles. The lowest BCUT2D eigenvalue weighted by molar-refractivity contribution is -0.128. The lowest BCUT2D eigenvalue weighted by Gasteiger charge is -2.21. The van der Waals surface area contributed by atoms with E-state index >= 15 is 0 Å². The minimum absolute atomic E-state index is 0.00261. The fraction of sp³-hybridized carbons (Fsp3) is 0.364. The van der Waals surface area contributed by atoms with E-state index in [4.69, 9.17) is 9.47 Å². The van der Waals surface area contributed by atoms with Gasteiger partial charge in [0.1, 0.15) is 17.1 Å². The summed E-state index contributed by atoms with van der Waals surface area (Å²) in [4.78, 5) is 26.2. The number of carbonyl (C=O) groups is 2. The number of nitrogens with one attached hydrogen (secondary N) is 1. The number of carbonyl (C=O) groups excluding carboxylic acids is 2. The van der Waals surface area contributed by atoms with E-state index in [1.807, 2.05) is 18.2 Å². The van der Waals surface area contributed by atoms with Crippen molar-refractivity contribution >= 4 is 11.8 Å². The van der Waals surface area contributed by atoms with E-state index in [1.165, 1.54) is 19.8 Å². The molecule has 0 aliphatic heterocycles. The molecular formula is C22H28N2O4. The number of hydrogen-bond donors (Lipinski definition) is 1. The van der Waals surface area contributed by atoms with Crippen molar-refractivity contribution in [2.24, 2.45) is 0 Å². The fourth-order valence-corrected chi connectivity index (χ4v) is 3.01. The van der Waals surface area contributed by atoms with Crippen LogP contribution in [0.15, 0.2) is 48.5 Å². The summed E-state index contributed by atoms with van der Waals surface area (Å²) in [7, 11) is 3.02. The molecule has 150 valence electrons. The summed E-state index contributed by atoms with van der Waals surface area (Å²) in [6, 6.07) is 15.4. The highest BCUT2D eigenvalue weighted by molar-refractivity contribution is 5.99. The Hall–Kier alpha value is -3.02. The van der Waals surface area contributed by atoms with Gasteiger partial charge in [-0.15, -0.1) is 0 Å². The SMILES string of the molecule is COc1cccc(OC)c1C(=O)NCCN(CCCc1ccccc1)C(C)=O. The molecule has 2 rings (SSSR count). The second-order valence-electron chi connectivity index (χ2n) is 6.39. The highest BCUT2D eigenvalue weighted by Crippen LogP contribution is 2.27. The number of methoxy groups -OCH3 is 2. The zero-order chi connectivity index (χ0) is 20.4. The average Bonchev–Trinajstić information content (AvgIpc) is 2.72. The average molecular weight is 384 g/mol. The highest BCUT2D eigenvalue weighted by atomic mass is 16.5. The molecule has 0 heterocycles. The third-order valence-electron chi connectivity index (χ3n) is 4.50. The molecule has 0 aromatic heterocycles. The van der Waals surface area contributed by atoms with E-state index in [1.54, 1.807) is 30.0 Å². The summed E-state index contributed by atoms with van der Waals surface area (Å²) in [5.41, 5.74) is 1.61. The molecule has 0 atom stereocenters. The molecule has 0 spiro atoms. The third kappa shape index (κ3) is 6.01. The van der Waals surface area contributed by atoms with E-state index in [0.717, 1.165) is 12.8 Å². The standard InChI is InChI=1S/C22H28N2O4/c1-17(25)24(15-8-11-18-9-5-4-6-10-18)16-14-23-22(26)21-19(27-2)12-7-13-20(21)28-3/h4-7,9-10,12-13H,8,11,14-16H2,1-3H3,(H,23,26).